The van der Waals surface area contributed by atoms with Crippen molar-refractivity contribution in [3.8, 4) is 6.07 Å². The van der Waals surface area contributed by atoms with Crippen molar-refractivity contribution in [3.63, 3.8) is 0 Å². The molecule has 3 rings (SSSR count). The van der Waals surface area contributed by atoms with Crippen LogP contribution in [0.4, 0.5) is 0 Å². The molecule has 1 fully saturated rings. The highest BCUT2D eigenvalue weighted by Crippen LogP contribution is 2.28. The van der Waals surface area contributed by atoms with Gasteiger partial charge in [-0.1, -0.05) is 29.8 Å². The molecule has 0 unspecified atom stereocenters. The number of hydrogen-bond donors (Lipinski definition) is 0. The normalized spacial score (nSPS) is 14.4. The second-order valence-corrected chi connectivity index (χ2v) is 5.51. The Bertz CT molecular complexity index is 689. The quantitative estimate of drug-likeness (QED) is 0.846. The predicted molar refractivity (Wildman–Crippen MR) is 81.0 cm³/mol. The number of rotatable bonds is 2. The van der Waals surface area contributed by atoms with Crippen LogP contribution in [0, 0.1) is 18.3 Å². The molecule has 0 saturated carbocycles. The molecule has 0 atom stereocenters. The van der Waals surface area contributed by atoms with Gasteiger partial charge in [0.05, 0.1) is 11.6 Å². The molecular formula is C18H16N2O. The number of likely N-dealkylation sites (tertiary alicyclic amines) is 1. The lowest BCUT2D eigenvalue weighted by atomic mass is 9.90. The molecule has 104 valence electrons. The Balaban J connectivity index is 1.63. The van der Waals surface area contributed by atoms with Gasteiger partial charge in [-0.3, -0.25) is 4.79 Å². The van der Waals surface area contributed by atoms with Gasteiger partial charge in [0, 0.05) is 24.6 Å². The monoisotopic (exact) mass is 276 g/mol. The number of carbonyl (C=O) groups is 1. The van der Waals surface area contributed by atoms with Gasteiger partial charge >= 0.3 is 0 Å². The molecule has 0 N–H and O–H groups in total. The Labute approximate surface area is 124 Å². The first-order valence-electron chi connectivity index (χ1n) is 7.03. The molecule has 0 spiro atoms. The minimum absolute atomic E-state index is 0.0971. The van der Waals surface area contributed by atoms with Crippen molar-refractivity contribution in [2.75, 3.05) is 13.1 Å². The number of nitrogens with zero attached hydrogens (tertiary/aromatic N) is 2. The first-order chi connectivity index (χ1) is 10.2. The molecule has 21 heavy (non-hydrogen) atoms. The molecule has 2 aromatic rings. The molecule has 3 nitrogen and oxygen atoms in total. The Kier molecular flexibility index (Phi) is 3.45. The van der Waals surface area contributed by atoms with Gasteiger partial charge in [-0.05, 0) is 36.8 Å². The van der Waals surface area contributed by atoms with E-state index in [1.165, 1.54) is 5.56 Å². The van der Waals surface area contributed by atoms with Gasteiger partial charge in [0.25, 0.3) is 5.91 Å². The van der Waals surface area contributed by atoms with Gasteiger partial charge < -0.3 is 4.90 Å². The predicted octanol–water partition coefficient (Wildman–Crippen LogP) is 3.11. The largest absolute Gasteiger partial charge is 0.337 e. The maximum atomic E-state index is 12.3. The van der Waals surface area contributed by atoms with Crippen LogP contribution >= 0.6 is 0 Å². The summed E-state index contributed by atoms with van der Waals surface area (Å²) in [5.74, 6) is 0.479. The van der Waals surface area contributed by atoms with Crippen LogP contribution in [-0.4, -0.2) is 23.9 Å². The molecule has 0 radical (unpaired) electrons. The average molecular weight is 276 g/mol. The van der Waals surface area contributed by atoms with E-state index in [-0.39, 0.29) is 5.91 Å². The molecule has 1 aliphatic heterocycles. The zero-order chi connectivity index (χ0) is 14.8. The summed E-state index contributed by atoms with van der Waals surface area (Å²) in [5, 5.41) is 8.80. The molecule has 0 aromatic heterocycles. The summed E-state index contributed by atoms with van der Waals surface area (Å²) < 4.78 is 0. The molecule has 1 heterocycles. The van der Waals surface area contributed by atoms with Crippen molar-refractivity contribution in [3.05, 3.63) is 70.8 Å². The van der Waals surface area contributed by atoms with E-state index in [1.54, 1.807) is 0 Å². The van der Waals surface area contributed by atoms with Crippen molar-refractivity contribution in [2.45, 2.75) is 12.8 Å². The Hall–Kier alpha value is -2.60. The van der Waals surface area contributed by atoms with E-state index in [1.807, 2.05) is 60.4 Å². The third-order valence-electron chi connectivity index (χ3n) is 3.98. The summed E-state index contributed by atoms with van der Waals surface area (Å²) in [7, 11) is 0. The fourth-order valence-corrected chi connectivity index (χ4v) is 2.56. The lowest BCUT2D eigenvalue weighted by molar-refractivity contribution is 0.0602. The zero-order valence-corrected chi connectivity index (χ0v) is 11.9. The second-order valence-electron chi connectivity index (χ2n) is 5.51. The van der Waals surface area contributed by atoms with Crippen LogP contribution in [-0.2, 0) is 0 Å². The standard InChI is InChI=1S/C18H16N2O/c1-13-2-6-16(7-3-13)18(21)20-11-17(12-20)15-8-4-14(10-19)5-9-15/h2-9,17H,11-12H2,1H3. The van der Waals surface area contributed by atoms with Crippen LogP contribution < -0.4 is 0 Å². The van der Waals surface area contributed by atoms with Crippen LogP contribution in [0.5, 0.6) is 0 Å². The van der Waals surface area contributed by atoms with Crippen molar-refractivity contribution < 1.29 is 4.79 Å². The minimum Gasteiger partial charge on any atom is -0.337 e. The first kappa shape index (κ1) is 13.4. The smallest absolute Gasteiger partial charge is 0.253 e. The highest BCUT2D eigenvalue weighted by Gasteiger charge is 2.32. The number of amides is 1. The summed E-state index contributed by atoms with van der Waals surface area (Å²) in [6.45, 7) is 3.51. The SMILES string of the molecule is Cc1ccc(C(=O)N2CC(c3ccc(C#N)cc3)C2)cc1. The number of hydrogen-bond acceptors (Lipinski definition) is 2. The van der Waals surface area contributed by atoms with E-state index < -0.39 is 0 Å². The van der Waals surface area contributed by atoms with E-state index in [0.717, 1.165) is 24.2 Å². The van der Waals surface area contributed by atoms with E-state index in [4.69, 9.17) is 5.26 Å². The summed E-state index contributed by atoms with van der Waals surface area (Å²) in [4.78, 5) is 14.2. The Morgan fingerprint density at radius 2 is 1.71 bits per heavy atom. The maximum absolute atomic E-state index is 12.3. The molecule has 1 amide bonds. The molecule has 0 bridgehead atoms. The first-order valence-corrected chi connectivity index (χ1v) is 7.03. The topological polar surface area (TPSA) is 44.1 Å². The molecule has 3 heteroatoms. The average Bonchev–Trinajstić information content (AvgIpc) is 2.47. The van der Waals surface area contributed by atoms with Crippen LogP contribution in [0.1, 0.15) is 33.0 Å². The Morgan fingerprint density at radius 1 is 1.10 bits per heavy atom. The molecule has 1 saturated heterocycles. The lowest BCUT2D eigenvalue weighted by Gasteiger charge is -2.39. The van der Waals surface area contributed by atoms with Crippen LogP contribution in [0.15, 0.2) is 48.5 Å². The van der Waals surface area contributed by atoms with Crippen molar-refractivity contribution in [2.24, 2.45) is 0 Å². The van der Waals surface area contributed by atoms with E-state index in [0.29, 0.717) is 11.5 Å². The number of carbonyl (C=O) groups excluding carboxylic acids is 1. The van der Waals surface area contributed by atoms with Gasteiger partial charge in [0.2, 0.25) is 0 Å². The summed E-state index contributed by atoms with van der Waals surface area (Å²) >= 11 is 0. The van der Waals surface area contributed by atoms with Gasteiger partial charge in [0.15, 0.2) is 0 Å². The fraction of sp³-hybridized carbons (Fsp3) is 0.222. The highest BCUT2D eigenvalue weighted by molar-refractivity contribution is 5.94. The van der Waals surface area contributed by atoms with E-state index >= 15 is 0 Å². The minimum atomic E-state index is 0.0971. The molecule has 2 aromatic carbocycles. The lowest BCUT2D eigenvalue weighted by Crippen LogP contribution is -2.48. The van der Waals surface area contributed by atoms with Crippen molar-refractivity contribution in [1.82, 2.24) is 4.90 Å². The van der Waals surface area contributed by atoms with Gasteiger partial charge in [0.1, 0.15) is 0 Å². The summed E-state index contributed by atoms with van der Waals surface area (Å²) in [5.41, 5.74) is 3.78. The highest BCUT2D eigenvalue weighted by atomic mass is 16.2. The third-order valence-corrected chi connectivity index (χ3v) is 3.98. The number of aryl methyl sites for hydroxylation is 1. The summed E-state index contributed by atoms with van der Waals surface area (Å²) in [6.07, 6.45) is 0. The van der Waals surface area contributed by atoms with Crippen molar-refractivity contribution in [1.29, 1.82) is 5.26 Å². The second kappa shape index (κ2) is 5.41. The van der Waals surface area contributed by atoms with Crippen molar-refractivity contribution >= 4 is 5.91 Å². The fourth-order valence-electron chi connectivity index (χ4n) is 2.56. The summed E-state index contributed by atoms with van der Waals surface area (Å²) in [6, 6.07) is 17.4. The zero-order valence-electron chi connectivity index (χ0n) is 11.9. The van der Waals surface area contributed by atoms with E-state index in [2.05, 4.69) is 6.07 Å². The van der Waals surface area contributed by atoms with Gasteiger partial charge in [-0.15, -0.1) is 0 Å². The van der Waals surface area contributed by atoms with Crippen LogP contribution in [0.2, 0.25) is 0 Å². The van der Waals surface area contributed by atoms with Crippen LogP contribution in [0.3, 0.4) is 0 Å². The van der Waals surface area contributed by atoms with E-state index in [9.17, 15) is 4.79 Å². The maximum Gasteiger partial charge on any atom is 0.253 e. The Morgan fingerprint density at radius 3 is 2.29 bits per heavy atom. The van der Waals surface area contributed by atoms with Gasteiger partial charge in [-0.25, -0.2) is 0 Å². The number of benzene rings is 2. The molecular weight excluding hydrogens is 260 g/mol. The third kappa shape index (κ3) is 2.66. The van der Waals surface area contributed by atoms with Gasteiger partial charge in [-0.2, -0.15) is 5.26 Å². The molecule has 0 aliphatic carbocycles. The number of nitriles is 1. The molecule has 1 aliphatic rings. The van der Waals surface area contributed by atoms with Crippen LogP contribution in [0.25, 0.3) is 0 Å².